The van der Waals surface area contributed by atoms with Gasteiger partial charge in [-0.15, -0.1) is 0 Å². The van der Waals surface area contributed by atoms with E-state index in [9.17, 15) is 9.59 Å². The molecule has 3 N–H and O–H groups in total. The standard InChI is InChI=1S/C15H22N2O3S/c1-11(8-10-21-2)17-15(20)16-9-7-12-5-3-4-6-13(12)14(18)19/h3-6,11H,7-10H2,1-2H3,(H,18,19)(H2,16,17,20). The van der Waals surface area contributed by atoms with E-state index in [1.165, 1.54) is 0 Å². The van der Waals surface area contributed by atoms with E-state index in [1.54, 1.807) is 36.0 Å². The second-order valence-electron chi connectivity index (χ2n) is 4.80. The number of thioether (sulfide) groups is 1. The third kappa shape index (κ3) is 6.53. The fraction of sp³-hybridized carbons (Fsp3) is 0.467. The molecule has 0 aromatic heterocycles. The SMILES string of the molecule is CSCCC(C)NC(=O)NCCc1ccccc1C(=O)O. The highest BCUT2D eigenvalue weighted by atomic mass is 32.2. The molecule has 1 aromatic rings. The Morgan fingerprint density at radius 1 is 1.33 bits per heavy atom. The first kappa shape index (κ1) is 17.4. The largest absolute Gasteiger partial charge is 0.478 e. The summed E-state index contributed by atoms with van der Waals surface area (Å²) >= 11 is 1.75. The fourth-order valence-corrected chi connectivity index (χ4v) is 2.49. The van der Waals surface area contributed by atoms with Crippen LogP contribution < -0.4 is 10.6 Å². The van der Waals surface area contributed by atoms with E-state index in [4.69, 9.17) is 5.11 Å². The first-order valence-corrected chi connectivity index (χ1v) is 8.28. The molecule has 116 valence electrons. The molecule has 1 unspecified atom stereocenters. The molecular weight excluding hydrogens is 288 g/mol. The van der Waals surface area contributed by atoms with E-state index in [0.29, 0.717) is 13.0 Å². The van der Waals surface area contributed by atoms with Gasteiger partial charge in [-0.3, -0.25) is 0 Å². The van der Waals surface area contributed by atoms with Crippen molar-refractivity contribution in [1.82, 2.24) is 10.6 Å². The second kappa shape index (κ2) is 9.28. The van der Waals surface area contributed by atoms with Gasteiger partial charge in [0.05, 0.1) is 5.56 Å². The van der Waals surface area contributed by atoms with Crippen molar-refractivity contribution in [3.63, 3.8) is 0 Å². The minimum Gasteiger partial charge on any atom is -0.478 e. The highest BCUT2D eigenvalue weighted by molar-refractivity contribution is 7.98. The van der Waals surface area contributed by atoms with Gasteiger partial charge in [0.25, 0.3) is 0 Å². The maximum absolute atomic E-state index is 11.7. The van der Waals surface area contributed by atoms with E-state index in [2.05, 4.69) is 10.6 Å². The Kier molecular flexibility index (Phi) is 7.68. The van der Waals surface area contributed by atoms with Crippen LogP contribution in [0.1, 0.15) is 29.3 Å². The third-order valence-electron chi connectivity index (χ3n) is 3.06. The highest BCUT2D eigenvalue weighted by Crippen LogP contribution is 2.09. The third-order valence-corrected chi connectivity index (χ3v) is 3.70. The lowest BCUT2D eigenvalue weighted by molar-refractivity contribution is 0.0695. The van der Waals surface area contributed by atoms with Crippen LogP contribution >= 0.6 is 11.8 Å². The first-order chi connectivity index (χ1) is 10.0. The number of urea groups is 1. The van der Waals surface area contributed by atoms with Gasteiger partial charge in [0.2, 0.25) is 0 Å². The van der Waals surface area contributed by atoms with E-state index >= 15 is 0 Å². The molecule has 1 atom stereocenters. The number of carbonyl (C=O) groups excluding carboxylic acids is 1. The lowest BCUT2D eigenvalue weighted by atomic mass is 10.0. The first-order valence-electron chi connectivity index (χ1n) is 6.89. The van der Waals surface area contributed by atoms with Gasteiger partial charge < -0.3 is 15.7 Å². The molecule has 0 aliphatic carbocycles. The molecule has 0 saturated carbocycles. The number of benzene rings is 1. The van der Waals surface area contributed by atoms with Crippen molar-refractivity contribution in [1.29, 1.82) is 0 Å². The number of aromatic carboxylic acids is 1. The summed E-state index contributed by atoms with van der Waals surface area (Å²) in [7, 11) is 0. The van der Waals surface area contributed by atoms with Crippen LogP contribution in [-0.4, -0.2) is 41.7 Å². The molecule has 0 heterocycles. The van der Waals surface area contributed by atoms with Crippen molar-refractivity contribution in [2.45, 2.75) is 25.8 Å². The molecule has 1 rings (SSSR count). The number of carboxylic acids is 1. The Bertz CT molecular complexity index is 480. The van der Waals surface area contributed by atoms with Gasteiger partial charge in [0.1, 0.15) is 0 Å². The average molecular weight is 310 g/mol. The van der Waals surface area contributed by atoms with Crippen molar-refractivity contribution in [3.8, 4) is 0 Å². The zero-order valence-corrected chi connectivity index (χ0v) is 13.2. The van der Waals surface area contributed by atoms with Gasteiger partial charge in [-0.2, -0.15) is 11.8 Å². The number of rotatable bonds is 8. The normalized spacial score (nSPS) is 11.7. The van der Waals surface area contributed by atoms with Gasteiger partial charge in [0.15, 0.2) is 0 Å². The summed E-state index contributed by atoms with van der Waals surface area (Å²) in [5.41, 5.74) is 1.01. The molecule has 5 nitrogen and oxygen atoms in total. The smallest absolute Gasteiger partial charge is 0.335 e. The average Bonchev–Trinajstić information content (AvgIpc) is 2.45. The van der Waals surface area contributed by atoms with Crippen molar-refractivity contribution in [3.05, 3.63) is 35.4 Å². The summed E-state index contributed by atoms with van der Waals surface area (Å²) in [4.78, 5) is 22.7. The number of amides is 2. The number of hydrogen-bond acceptors (Lipinski definition) is 3. The predicted octanol–water partition coefficient (Wildman–Crippen LogP) is 2.37. The highest BCUT2D eigenvalue weighted by Gasteiger charge is 2.10. The molecule has 21 heavy (non-hydrogen) atoms. The zero-order chi connectivity index (χ0) is 15.7. The summed E-state index contributed by atoms with van der Waals surface area (Å²) < 4.78 is 0. The topological polar surface area (TPSA) is 78.4 Å². The van der Waals surface area contributed by atoms with E-state index < -0.39 is 5.97 Å². The molecule has 0 bridgehead atoms. The number of hydrogen-bond donors (Lipinski definition) is 3. The summed E-state index contributed by atoms with van der Waals surface area (Å²) in [5.74, 6) is 0.0636. The summed E-state index contributed by atoms with van der Waals surface area (Å²) in [6.45, 7) is 2.38. The molecule has 0 spiro atoms. The number of carboxylic acid groups (broad SMARTS) is 1. The monoisotopic (exact) mass is 310 g/mol. The van der Waals surface area contributed by atoms with Gasteiger partial charge in [-0.25, -0.2) is 9.59 Å². The summed E-state index contributed by atoms with van der Waals surface area (Å²) in [5, 5.41) is 14.7. The molecule has 0 radical (unpaired) electrons. The zero-order valence-electron chi connectivity index (χ0n) is 12.4. The van der Waals surface area contributed by atoms with Crippen LogP contribution in [0.3, 0.4) is 0 Å². The molecular formula is C15H22N2O3S. The van der Waals surface area contributed by atoms with Crippen LogP contribution in [0.2, 0.25) is 0 Å². The molecule has 0 aliphatic rings. The van der Waals surface area contributed by atoms with Crippen LogP contribution in [0.4, 0.5) is 4.79 Å². The van der Waals surface area contributed by atoms with E-state index in [1.807, 2.05) is 13.2 Å². The van der Waals surface area contributed by atoms with Gasteiger partial charge in [-0.1, -0.05) is 18.2 Å². The van der Waals surface area contributed by atoms with E-state index in [0.717, 1.165) is 17.7 Å². The van der Waals surface area contributed by atoms with Crippen LogP contribution in [-0.2, 0) is 6.42 Å². The Hall–Kier alpha value is -1.69. The van der Waals surface area contributed by atoms with Gasteiger partial charge in [-0.05, 0) is 43.4 Å². The van der Waals surface area contributed by atoms with Crippen molar-refractivity contribution >= 4 is 23.8 Å². The van der Waals surface area contributed by atoms with Crippen LogP contribution in [0.25, 0.3) is 0 Å². The maximum Gasteiger partial charge on any atom is 0.335 e. The molecule has 2 amide bonds. The molecule has 0 saturated heterocycles. The van der Waals surface area contributed by atoms with E-state index in [-0.39, 0.29) is 17.6 Å². The second-order valence-corrected chi connectivity index (χ2v) is 5.78. The molecule has 0 aliphatic heterocycles. The minimum atomic E-state index is -0.944. The molecule has 6 heteroatoms. The lowest BCUT2D eigenvalue weighted by Crippen LogP contribution is -2.41. The van der Waals surface area contributed by atoms with Crippen LogP contribution in [0.5, 0.6) is 0 Å². The number of nitrogens with one attached hydrogen (secondary N) is 2. The number of carbonyl (C=O) groups is 2. The Morgan fingerprint density at radius 3 is 2.71 bits per heavy atom. The van der Waals surface area contributed by atoms with Crippen LogP contribution in [0, 0.1) is 0 Å². The quantitative estimate of drug-likeness (QED) is 0.689. The summed E-state index contributed by atoms with van der Waals surface area (Å²) in [6.07, 6.45) is 3.46. The van der Waals surface area contributed by atoms with Crippen molar-refractivity contribution in [2.24, 2.45) is 0 Å². The minimum absolute atomic E-state index is 0.128. The van der Waals surface area contributed by atoms with Gasteiger partial charge >= 0.3 is 12.0 Å². The fourth-order valence-electron chi connectivity index (χ4n) is 1.90. The lowest BCUT2D eigenvalue weighted by Gasteiger charge is -2.14. The maximum atomic E-state index is 11.7. The van der Waals surface area contributed by atoms with Crippen molar-refractivity contribution < 1.29 is 14.7 Å². The summed E-state index contributed by atoms with van der Waals surface area (Å²) in [6, 6.07) is 6.75. The van der Waals surface area contributed by atoms with Crippen LogP contribution in [0.15, 0.2) is 24.3 Å². The Morgan fingerprint density at radius 2 is 2.05 bits per heavy atom. The Balaban J connectivity index is 2.37. The van der Waals surface area contributed by atoms with Crippen molar-refractivity contribution in [2.75, 3.05) is 18.6 Å². The molecule has 0 fully saturated rings. The molecule has 1 aromatic carbocycles. The predicted molar refractivity (Wildman–Crippen MR) is 86.1 cm³/mol. The Labute approximate surface area is 129 Å². The van der Waals surface area contributed by atoms with Gasteiger partial charge in [0, 0.05) is 12.6 Å².